The number of rotatable bonds is 1. The number of halogens is 3. The zero-order valence-electron chi connectivity index (χ0n) is 6.30. The van der Waals surface area contributed by atoms with E-state index in [1.165, 1.54) is 6.07 Å². The minimum atomic E-state index is -4.71. The van der Waals surface area contributed by atoms with Crippen molar-refractivity contribution in [1.29, 1.82) is 0 Å². The molecule has 0 radical (unpaired) electrons. The van der Waals surface area contributed by atoms with E-state index in [-0.39, 0.29) is 6.29 Å². The van der Waals surface area contributed by atoms with Crippen LogP contribution < -0.4 is 0 Å². The van der Waals surface area contributed by atoms with Gasteiger partial charge in [0.25, 0.3) is 0 Å². The van der Waals surface area contributed by atoms with Gasteiger partial charge in [-0.2, -0.15) is 13.2 Å². The maximum atomic E-state index is 12.2. The van der Waals surface area contributed by atoms with Gasteiger partial charge in [-0.3, -0.25) is 4.79 Å². The summed E-state index contributed by atoms with van der Waals surface area (Å²) in [6.07, 6.45) is -4.65. The monoisotopic (exact) mass is 190 g/mol. The molecule has 1 aromatic rings. The molecule has 0 saturated carbocycles. The third-order valence-electron chi connectivity index (χ3n) is 1.49. The lowest BCUT2D eigenvalue weighted by molar-refractivity contribution is -0.139. The van der Waals surface area contributed by atoms with Crippen LogP contribution in [0.15, 0.2) is 18.2 Å². The lowest BCUT2D eigenvalue weighted by Gasteiger charge is -2.10. The summed E-state index contributed by atoms with van der Waals surface area (Å²) in [5.74, 6) is -0.933. The molecule has 1 aromatic carbocycles. The predicted molar refractivity (Wildman–Crippen MR) is 38.5 cm³/mol. The van der Waals surface area contributed by atoms with Crippen molar-refractivity contribution in [2.75, 3.05) is 0 Å². The second-order valence-electron chi connectivity index (χ2n) is 2.36. The van der Waals surface area contributed by atoms with Crippen LogP contribution in [0.5, 0.6) is 5.75 Å². The number of hydrogen-bond acceptors (Lipinski definition) is 2. The number of phenols is 1. The molecule has 0 heterocycles. The van der Waals surface area contributed by atoms with E-state index in [0.29, 0.717) is 0 Å². The number of aromatic hydroxyl groups is 1. The summed E-state index contributed by atoms with van der Waals surface area (Å²) < 4.78 is 36.5. The second-order valence-corrected chi connectivity index (χ2v) is 2.36. The van der Waals surface area contributed by atoms with Crippen molar-refractivity contribution in [3.8, 4) is 5.75 Å². The average Bonchev–Trinajstić information content (AvgIpc) is 2.01. The standard InChI is InChI=1S/C8H5F3O2/c9-8(10,11)7-5(4-12)2-1-3-6(7)13/h1-4,13H. The molecular formula is C8H5F3O2. The molecule has 0 saturated heterocycles. The van der Waals surface area contributed by atoms with Crippen LogP contribution >= 0.6 is 0 Å². The Morgan fingerprint density at radius 3 is 2.31 bits per heavy atom. The Kier molecular flexibility index (Phi) is 2.27. The molecule has 2 nitrogen and oxygen atoms in total. The summed E-state index contributed by atoms with van der Waals surface area (Å²) in [7, 11) is 0. The number of phenolic OH excluding ortho intramolecular Hbond substituents is 1. The van der Waals surface area contributed by atoms with E-state index in [1.54, 1.807) is 0 Å². The fourth-order valence-electron chi connectivity index (χ4n) is 0.965. The van der Waals surface area contributed by atoms with E-state index >= 15 is 0 Å². The highest BCUT2D eigenvalue weighted by molar-refractivity contribution is 5.79. The summed E-state index contributed by atoms with van der Waals surface area (Å²) >= 11 is 0. The smallest absolute Gasteiger partial charge is 0.420 e. The van der Waals surface area contributed by atoms with Crippen molar-refractivity contribution in [2.24, 2.45) is 0 Å². The molecule has 0 amide bonds. The molecule has 0 bridgehead atoms. The van der Waals surface area contributed by atoms with E-state index in [9.17, 15) is 18.0 Å². The summed E-state index contributed by atoms with van der Waals surface area (Å²) in [5.41, 5.74) is -1.85. The van der Waals surface area contributed by atoms with E-state index in [0.717, 1.165) is 12.1 Å². The first-order valence-corrected chi connectivity index (χ1v) is 3.31. The van der Waals surface area contributed by atoms with E-state index in [1.807, 2.05) is 0 Å². The number of hydrogen-bond donors (Lipinski definition) is 1. The zero-order valence-corrected chi connectivity index (χ0v) is 6.30. The normalized spacial score (nSPS) is 11.3. The van der Waals surface area contributed by atoms with Crippen LogP contribution in [0.3, 0.4) is 0 Å². The minimum absolute atomic E-state index is 0.0581. The van der Waals surface area contributed by atoms with Gasteiger partial charge in [-0.25, -0.2) is 0 Å². The number of benzene rings is 1. The van der Waals surface area contributed by atoms with Gasteiger partial charge in [0.1, 0.15) is 11.3 Å². The fourth-order valence-corrected chi connectivity index (χ4v) is 0.965. The van der Waals surface area contributed by atoms with Crippen molar-refractivity contribution >= 4 is 6.29 Å². The first kappa shape index (κ1) is 9.57. The Morgan fingerprint density at radius 2 is 1.92 bits per heavy atom. The van der Waals surface area contributed by atoms with Gasteiger partial charge in [0.2, 0.25) is 0 Å². The van der Waals surface area contributed by atoms with E-state index in [2.05, 4.69) is 0 Å². The zero-order chi connectivity index (χ0) is 10.1. The third-order valence-corrected chi connectivity index (χ3v) is 1.49. The summed E-state index contributed by atoms with van der Waals surface area (Å²) in [4.78, 5) is 10.2. The van der Waals surface area contributed by atoms with Crippen LogP contribution in [-0.2, 0) is 6.18 Å². The summed E-state index contributed by atoms with van der Waals surface area (Å²) in [5, 5.41) is 8.88. The first-order chi connectivity index (χ1) is 5.96. The third kappa shape index (κ3) is 1.80. The van der Waals surface area contributed by atoms with Gasteiger partial charge in [0, 0.05) is 5.56 Å². The van der Waals surface area contributed by atoms with Gasteiger partial charge in [-0.1, -0.05) is 12.1 Å². The predicted octanol–water partition coefficient (Wildman–Crippen LogP) is 2.22. The highest BCUT2D eigenvalue weighted by Crippen LogP contribution is 2.37. The molecule has 70 valence electrons. The van der Waals surface area contributed by atoms with Gasteiger partial charge in [-0.15, -0.1) is 0 Å². The van der Waals surface area contributed by atoms with Gasteiger partial charge >= 0.3 is 6.18 Å². The Balaban J connectivity index is 3.40. The largest absolute Gasteiger partial charge is 0.507 e. The van der Waals surface area contributed by atoms with Crippen LogP contribution in [0.4, 0.5) is 13.2 Å². The molecular weight excluding hydrogens is 185 g/mol. The van der Waals surface area contributed by atoms with E-state index in [4.69, 9.17) is 5.11 Å². The van der Waals surface area contributed by atoms with Gasteiger partial charge < -0.3 is 5.11 Å². The molecule has 0 aliphatic heterocycles. The Bertz CT molecular complexity index is 331. The maximum absolute atomic E-state index is 12.2. The van der Waals surface area contributed by atoms with Crippen molar-refractivity contribution in [2.45, 2.75) is 6.18 Å². The topological polar surface area (TPSA) is 37.3 Å². The second kappa shape index (κ2) is 3.08. The SMILES string of the molecule is O=Cc1cccc(O)c1C(F)(F)F. The molecule has 0 aliphatic carbocycles. The van der Waals surface area contributed by atoms with Gasteiger partial charge in [0.05, 0.1) is 0 Å². The highest BCUT2D eigenvalue weighted by Gasteiger charge is 2.36. The molecule has 0 spiro atoms. The van der Waals surface area contributed by atoms with Crippen LogP contribution in [-0.4, -0.2) is 11.4 Å². The van der Waals surface area contributed by atoms with Gasteiger partial charge in [-0.05, 0) is 6.07 Å². The number of carbonyl (C=O) groups is 1. The summed E-state index contributed by atoms with van der Waals surface area (Å²) in [6.45, 7) is 0. The molecule has 5 heteroatoms. The van der Waals surface area contributed by atoms with E-state index < -0.39 is 23.1 Å². The Hall–Kier alpha value is -1.52. The van der Waals surface area contributed by atoms with Crippen LogP contribution in [0.2, 0.25) is 0 Å². The Morgan fingerprint density at radius 1 is 1.31 bits per heavy atom. The molecule has 0 fully saturated rings. The molecule has 1 rings (SSSR count). The first-order valence-electron chi connectivity index (χ1n) is 3.31. The molecule has 0 aromatic heterocycles. The van der Waals surface area contributed by atoms with Gasteiger partial charge in [0.15, 0.2) is 6.29 Å². The molecule has 13 heavy (non-hydrogen) atoms. The highest BCUT2D eigenvalue weighted by atomic mass is 19.4. The summed E-state index contributed by atoms with van der Waals surface area (Å²) in [6, 6.07) is 3.06. The molecule has 0 aliphatic rings. The van der Waals surface area contributed by atoms with Crippen molar-refractivity contribution in [3.63, 3.8) is 0 Å². The lowest BCUT2D eigenvalue weighted by Crippen LogP contribution is -2.08. The lowest BCUT2D eigenvalue weighted by atomic mass is 10.1. The quantitative estimate of drug-likeness (QED) is 0.689. The van der Waals surface area contributed by atoms with Crippen LogP contribution in [0, 0.1) is 0 Å². The number of carbonyl (C=O) groups excluding carboxylic acids is 1. The van der Waals surface area contributed by atoms with Crippen molar-refractivity contribution < 1.29 is 23.1 Å². The average molecular weight is 190 g/mol. The molecule has 1 N–H and O–H groups in total. The minimum Gasteiger partial charge on any atom is -0.507 e. The van der Waals surface area contributed by atoms with Crippen molar-refractivity contribution in [1.82, 2.24) is 0 Å². The Labute approximate surface area is 71.6 Å². The number of alkyl halides is 3. The van der Waals surface area contributed by atoms with Crippen molar-refractivity contribution in [3.05, 3.63) is 29.3 Å². The van der Waals surface area contributed by atoms with Crippen LogP contribution in [0.25, 0.3) is 0 Å². The number of aldehydes is 1. The molecule has 0 atom stereocenters. The maximum Gasteiger partial charge on any atom is 0.420 e. The van der Waals surface area contributed by atoms with Crippen LogP contribution in [0.1, 0.15) is 15.9 Å². The fraction of sp³-hybridized carbons (Fsp3) is 0.125. The molecule has 0 unspecified atom stereocenters.